The number of methoxy groups -OCH3 is 1. The van der Waals surface area contributed by atoms with Gasteiger partial charge in [-0.25, -0.2) is 9.79 Å². The Balaban J connectivity index is 2.86. The van der Waals surface area contributed by atoms with Crippen LogP contribution in [0.5, 0.6) is 0 Å². The standard InChI is InChI=1S/C17H26N8O2S/c1-4-9-28-12-5-6-13(19)14(10-12)24-16(25-17(26)27-3)22-8-7-21-15(20-2)23-11-18/h5-6,10H,4,7-9,19H2,1-3H3,(H2,20,21,23)(H2,22,24,25,26). The van der Waals surface area contributed by atoms with Crippen molar-refractivity contribution in [3.63, 3.8) is 0 Å². The van der Waals surface area contributed by atoms with E-state index in [1.165, 1.54) is 7.11 Å². The monoisotopic (exact) mass is 406 g/mol. The number of nitrogen functional groups attached to an aromatic ring is 1. The van der Waals surface area contributed by atoms with E-state index in [9.17, 15) is 4.79 Å². The van der Waals surface area contributed by atoms with Gasteiger partial charge < -0.3 is 21.1 Å². The lowest BCUT2D eigenvalue weighted by molar-refractivity contribution is 0.176. The van der Waals surface area contributed by atoms with Crippen LogP contribution < -0.4 is 27.0 Å². The second kappa shape index (κ2) is 13.1. The number of hydrogen-bond acceptors (Lipinski definition) is 7. The molecule has 0 bridgehead atoms. The number of hydrogen-bond donors (Lipinski definition) is 5. The molecule has 1 aromatic carbocycles. The van der Waals surface area contributed by atoms with E-state index in [0.29, 0.717) is 30.4 Å². The fourth-order valence-corrected chi connectivity index (χ4v) is 2.70. The molecular formula is C17H26N8O2S. The highest BCUT2D eigenvalue weighted by molar-refractivity contribution is 7.99. The fraction of sp³-hybridized carbons (Fsp3) is 0.412. The fourth-order valence-electron chi connectivity index (χ4n) is 1.90. The molecule has 0 radical (unpaired) electrons. The summed E-state index contributed by atoms with van der Waals surface area (Å²) in [5, 5.41) is 19.5. The van der Waals surface area contributed by atoms with E-state index in [-0.39, 0.29) is 5.96 Å². The number of carbonyl (C=O) groups excluding carboxylic acids is 1. The zero-order valence-electron chi connectivity index (χ0n) is 16.2. The summed E-state index contributed by atoms with van der Waals surface area (Å²) < 4.78 is 4.63. The van der Waals surface area contributed by atoms with E-state index in [1.54, 1.807) is 31.1 Å². The number of benzene rings is 1. The van der Waals surface area contributed by atoms with E-state index < -0.39 is 6.09 Å². The molecule has 0 aliphatic rings. The van der Waals surface area contributed by atoms with Crippen LogP contribution in [0, 0.1) is 11.5 Å². The average molecular weight is 407 g/mol. The minimum absolute atomic E-state index is 0.196. The lowest BCUT2D eigenvalue weighted by Gasteiger charge is -2.13. The minimum atomic E-state index is -0.656. The molecule has 1 amide bonds. The van der Waals surface area contributed by atoms with E-state index in [4.69, 9.17) is 11.0 Å². The maximum atomic E-state index is 11.6. The second-order valence-electron chi connectivity index (χ2n) is 5.31. The third kappa shape index (κ3) is 8.50. The number of nitrogens with zero attached hydrogens (tertiary/aromatic N) is 3. The van der Waals surface area contributed by atoms with Crippen LogP contribution in [0.3, 0.4) is 0 Å². The van der Waals surface area contributed by atoms with Gasteiger partial charge in [-0.05, 0) is 30.4 Å². The van der Waals surface area contributed by atoms with Gasteiger partial charge >= 0.3 is 6.09 Å². The minimum Gasteiger partial charge on any atom is -0.453 e. The Morgan fingerprint density at radius 3 is 2.64 bits per heavy atom. The largest absolute Gasteiger partial charge is 0.453 e. The summed E-state index contributed by atoms with van der Waals surface area (Å²) in [5.74, 6) is 1.53. The zero-order chi connectivity index (χ0) is 20.8. The first-order valence-electron chi connectivity index (χ1n) is 8.59. The number of guanidine groups is 2. The SMILES string of the molecule is CCCSc1ccc(N)c(/N=C(/NCCN/C(=N\C)NC#N)NC(=O)OC)c1. The summed E-state index contributed by atoms with van der Waals surface area (Å²) in [7, 11) is 2.82. The first kappa shape index (κ1) is 22.9. The first-order valence-corrected chi connectivity index (χ1v) is 9.58. The summed E-state index contributed by atoms with van der Waals surface area (Å²) >= 11 is 1.71. The number of thioether (sulfide) groups is 1. The van der Waals surface area contributed by atoms with Gasteiger partial charge in [0.05, 0.1) is 18.5 Å². The molecule has 0 saturated carbocycles. The van der Waals surface area contributed by atoms with Crippen LogP contribution in [0.4, 0.5) is 16.2 Å². The van der Waals surface area contributed by atoms with Gasteiger partial charge in [-0.2, -0.15) is 5.26 Å². The molecule has 0 aliphatic heterocycles. The molecule has 0 heterocycles. The number of ether oxygens (including phenoxy) is 1. The van der Waals surface area contributed by atoms with Gasteiger partial charge in [0.25, 0.3) is 0 Å². The molecule has 10 nitrogen and oxygen atoms in total. The molecule has 0 fully saturated rings. The average Bonchev–Trinajstić information content (AvgIpc) is 2.70. The molecular weight excluding hydrogens is 380 g/mol. The maximum absolute atomic E-state index is 11.6. The molecule has 6 N–H and O–H groups in total. The van der Waals surface area contributed by atoms with Gasteiger partial charge in [0, 0.05) is 25.0 Å². The predicted octanol–water partition coefficient (Wildman–Crippen LogP) is 1.35. The van der Waals surface area contributed by atoms with Gasteiger partial charge in [0.15, 0.2) is 6.19 Å². The second-order valence-corrected chi connectivity index (χ2v) is 6.48. The van der Waals surface area contributed by atoms with Gasteiger partial charge in [-0.1, -0.05) is 6.92 Å². The van der Waals surface area contributed by atoms with Crippen LogP contribution in [0.2, 0.25) is 0 Å². The highest BCUT2D eigenvalue weighted by atomic mass is 32.2. The summed E-state index contributed by atoms with van der Waals surface area (Å²) in [6.45, 7) is 2.92. The number of nitrogens with two attached hydrogens (primary N) is 1. The van der Waals surface area contributed by atoms with Crippen molar-refractivity contribution in [2.24, 2.45) is 9.98 Å². The highest BCUT2D eigenvalue weighted by Crippen LogP contribution is 2.29. The highest BCUT2D eigenvalue weighted by Gasteiger charge is 2.08. The molecule has 0 atom stereocenters. The smallest absolute Gasteiger partial charge is 0.413 e. The van der Waals surface area contributed by atoms with Crippen molar-refractivity contribution in [3.8, 4) is 6.19 Å². The third-order valence-electron chi connectivity index (χ3n) is 3.22. The number of nitrogens with one attached hydrogen (secondary N) is 4. The van der Waals surface area contributed by atoms with Gasteiger partial charge in [-0.3, -0.25) is 15.6 Å². The molecule has 0 saturated heterocycles. The zero-order valence-corrected chi connectivity index (χ0v) is 17.0. The Morgan fingerprint density at radius 1 is 1.32 bits per heavy atom. The quantitative estimate of drug-likeness (QED) is 0.0866. The number of alkyl carbamates (subject to hydrolysis) is 1. The summed E-state index contributed by atoms with van der Waals surface area (Å²) in [4.78, 5) is 20.9. The number of rotatable bonds is 7. The van der Waals surface area contributed by atoms with E-state index in [2.05, 4.69) is 42.9 Å². The van der Waals surface area contributed by atoms with Crippen LogP contribution >= 0.6 is 11.8 Å². The van der Waals surface area contributed by atoms with Gasteiger partial charge in [0.1, 0.15) is 0 Å². The first-order chi connectivity index (χ1) is 13.5. The summed E-state index contributed by atoms with van der Waals surface area (Å²) in [6, 6.07) is 5.59. The van der Waals surface area contributed by atoms with Crippen LogP contribution in [0.15, 0.2) is 33.1 Å². The Kier molecular flexibility index (Phi) is 10.7. The van der Waals surface area contributed by atoms with Crippen molar-refractivity contribution in [1.82, 2.24) is 21.3 Å². The number of aliphatic imine (C=N–C) groups is 2. The number of anilines is 1. The molecule has 0 spiro atoms. The van der Waals surface area contributed by atoms with Crippen LogP contribution in [-0.4, -0.2) is 51.0 Å². The lowest BCUT2D eigenvalue weighted by atomic mass is 10.3. The molecule has 1 rings (SSSR count). The van der Waals surface area contributed by atoms with Crippen molar-refractivity contribution in [2.75, 3.05) is 38.7 Å². The summed E-state index contributed by atoms with van der Waals surface area (Å²) in [5.41, 5.74) is 7.05. The molecule has 0 unspecified atom stereocenters. The van der Waals surface area contributed by atoms with Crippen molar-refractivity contribution < 1.29 is 9.53 Å². The molecule has 152 valence electrons. The van der Waals surface area contributed by atoms with Crippen molar-refractivity contribution in [3.05, 3.63) is 18.2 Å². The van der Waals surface area contributed by atoms with Crippen LogP contribution in [-0.2, 0) is 4.74 Å². The van der Waals surface area contributed by atoms with Crippen LogP contribution in [0.1, 0.15) is 13.3 Å². The van der Waals surface area contributed by atoms with Crippen molar-refractivity contribution >= 4 is 41.1 Å². The van der Waals surface area contributed by atoms with E-state index in [0.717, 1.165) is 17.1 Å². The molecule has 1 aromatic rings. The number of carbonyl (C=O) groups is 1. The molecule has 28 heavy (non-hydrogen) atoms. The molecule has 0 aliphatic carbocycles. The lowest BCUT2D eigenvalue weighted by Crippen LogP contribution is -2.45. The predicted molar refractivity (Wildman–Crippen MR) is 113 cm³/mol. The maximum Gasteiger partial charge on any atom is 0.413 e. The van der Waals surface area contributed by atoms with E-state index in [1.807, 2.05) is 12.1 Å². The van der Waals surface area contributed by atoms with Crippen LogP contribution in [0.25, 0.3) is 0 Å². The Labute approximate surface area is 169 Å². The van der Waals surface area contributed by atoms with Gasteiger partial charge in [-0.15, -0.1) is 11.8 Å². The van der Waals surface area contributed by atoms with Crippen molar-refractivity contribution in [2.45, 2.75) is 18.2 Å². The van der Waals surface area contributed by atoms with Gasteiger partial charge in [0.2, 0.25) is 11.9 Å². The number of amides is 1. The normalized spacial score (nSPS) is 11.4. The van der Waals surface area contributed by atoms with E-state index >= 15 is 0 Å². The Hall–Kier alpha value is -3.13. The molecule has 11 heteroatoms. The third-order valence-corrected chi connectivity index (χ3v) is 4.42. The van der Waals surface area contributed by atoms with Crippen molar-refractivity contribution in [1.29, 1.82) is 5.26 Å². The Morgan fingerprint density at radius 2 is 2.04 bits per heavy atom. The summed E-state index contributed by atoms with van der Waals surface area (Å²) in [6.07, 6.45) is 2.18. The topological polar surface area (TPSA) is 149 Å². The molecule has 0 aromatic heterocycles. The Bertz CT molecular complexity index is 745. The number of nitriles is 1.